The van der Waals surface area contributed by atoms with Gasteiger partial charge in [-0.1, -0.05) is 18.2 Å². The minimum atomic E-state index is -1.14. The molecule has 1 aromatic carbocycles. The van der Waals surface area contributed by atoms with Gasteiger partial charge >= 0.3 is 5.97 Å². The number of ether oxygens (including phenoxy) is 1. The Bertz CT molecular complexity index is 503. The molecule has 0 bridgehead atoms. The molecule has 1 unspecified atom stereocenters. The Kier molecular flexibility index (Phi) is 4.76. The molecule has 0 aliphatic carbocycles. The van der Waals surface area contributed by atoms with E-state index in [0.29, 0.717) is 5.56 Å². The van der Waals surface area contributed by atoms with Gasteiger partial charge in [-0.15, -0.1) is 0 Å². The highest BCUT2D eigenvalue weighted by molar-refractivity contribution is 6.06. The van der Waals surface area contributed by atoms with Crippen LogP contribution < -0.4 is 0 Å². The smallest absolute Gasteiger partial charge is 0.338 e. The van der Waals surface area contributed by atoms with Crippen LogP contribution in [0.15, 0.2) is 30.3 Å². The van der Waals surface area contributed by atoms with Crippen LogP contribution >= 0.6 is 0 Å². The number of esters is 1. The summed E-state index contributed by atoms with van der Waals surface area (Å²) in [6.07, 6.45) is 0. The zero-order chi connectivity index (χ0) is 13.5. The number of nitrogens with zero attached hydrogens (tertiary/aromatic N) is 1. The zero-order valence-corrected chi connectivity index (χ0v) is 9.84. The molecule has 0 aromatic heterocycles. The molecule has 1 rings (SSSR count). The van der Waals surface area contributed by atoms with Crippen LogP contribution in [0.1, 0.15) is 17.3 Å². The van der Waals surface area contributed by atoms with Gasteiger partial charge in [0.2, 0.25) is 0 Å². The quantitative estimate of drug-likeness (QED) is 0.629. The summed E-state index contributed by atoms with van der Waals surface area (Å²) in [5.74, 6) is -2.36. The summed E-state index contributed by atoms with van der Waals surface area (Å²) in [6, 6.07) is 9.94. The van der Waals surface area contributed by atoms with Crippen molar-refractivity contribution in [2.24, 2.45) is 5.92 Å². The van der Waals surface area contributed by atoms with Gasteiger partial charge in [-0.2, -0.15) is 5.26 Å². The molecule has 0 radical (unpaired) electrons. The average molecular weight is 244 g/mol. The van der Waals surface area contributed by atoms with Gasteiger partial charge in [-0.3, -0.25) is 4.79 Å². The number of carbonyl (C=O) groups is 2. The lowest BCUT2D eigenvalue weighted by Gasteiger charge is -2.07. The maximum Gasteiger partial charge on any atom is 0.338 e. The fraction of sp³-hybridized carbons (Fsp3) is 0.231. The van der Waals surface area contributed by atoms with Crippen molar-refractivity contribution in [1.29, 1.82) is 10.7 Å². The van der Waals surface area contributed by atoms with Crippen LogP contribution in [-0.4, -0.2) is 24.1 Å². The van der Waals surface area contributed by atoms with Crippen molar-refractivity contribution in [3.63, 3.8) is 0 Å². The Morgan fingerprint density at radius 1 is 1.39 bits per heavy atom. The Morgan fingerprint density at radius 2 is 2.00 bits per heavy atom. The SMILES string of the molecule is CC(=N)C(C#N)C(=O)COC(=O)c1ccccc1. The second kappa shape index (κ2) is 6.30. The van der Waals surface area contributed by atoms with Crippen LogP contribution in [-0.2, 0) is 9.53 Å². The van der Waals surface area contributed by atoms with Crippen LogP contribution in [0.5, 0.6) is 0 Å². The molecule has 0 aliphatic rings. The van der Waals surface area contributed by atoms with Crippen LogP contribution in [0.2, 0.25) is 0 Å². The molecule has 0 saturated carbocycles. The van der Waals surface area contributed by atoms with Gasteiger partial charge in [0.25, 0.3) is 0 Å². The Hall–Kier alpha value is -2.48. The number of nitrogens with one attached hydrogen (secondary N) is 1. The molecule has 1 aromatic rings. The molecule has 0 spiro atoms. The zero-order valence-electron chi connectivity index (χ0n) is 9.84. The standard InChI is InChI=1S/C13H12N2O3/c1-9(15)11(7-14)12(16)8-18-13(17)10-5-3-2-4-6-10/h2-6,11,15H,8H2,1H3. The van der Waals surface area contributed by atoms with Gasteiger partial charge in [0.05, 0.1) is 11.6 Å². The van der Waals surface area contributed by atoms with E-state index >= 15 is 0 Å². The van der Waals surface area contributed by atoms with E-state index in [0.717, 1.165) is 0 Å². The van der Waals surface area contributed by atoms with E-state index in [1.54, 1.807) is 36.4 Å². The number of hydrogen-bond acceptors (Lipinski definition) is 5. The molecule has 92 valence electrons. The molecule has 1 N–H and O–H groups in total. The predicted molar refractivity (Wildman–Crippen MR) is 64.2 cm³/mol. The third kappa shape index (κ3) is 3.52. The van der Waals surface area contributed by atoms with Crippen LogP contribution in [0.25, 0.3) is 0 Å². The van der Waals surface area contributed by atoms with Gasteiger partial charge in [0.1, 0.15) is 5.92 Å². The summed E-state index contributed by atoms with van der Waals surface area (Å²) in [5.41, 5.74) is 0.281. The minimum Gasteiger partial charge on any atom is -0.454 e. The maximum absolute atomic E-state index is 11.5. The monoisotopic (exact) mass is 244 g/mol. The summed E-state index contributed by atoms with van der Waals surface area (Å²) < 4.78 is 4.79. The lowest BCUT2D eigenvalue weighted by Crippen LogP contribution is -2.25. The van der Waals surface area contributed by atoms with E-state index in [1.165, 1.54) is 6.92 Å². The lowest BCUT2D eigenvalue weighted by atomic mass is 10.0. The minimum absolute atomic E-state index is 0.0572. The summed E-state index contributed by atoms with van der Waals surface area (Å²) in [5, 5.41) is 15.9. The van der Waals surface area contributed by atoms with E-state index in [4.69, 9.17) is 15.4 Å². The second-order valence-electron chi connectivity index (χ2n) is 3.65. The van der Waals surface area contributed by atoms with Crippen molar-refractivity contribution in [3.05, 3.63) is 35.9 Å². The van der Waals surface area contributed by atoms with Gasteiger partial charge in [-0.25, -0.2) is 4.79 Å². The molecule has 0 amide bonds. The predicted octanol–water partition coefficient (Wildman–Crippen LogP) is 1.59. The first-order valence-corrected chi connectivity index (χ1v) is 5.25. The third-order valence-corrected chi connectivity index (χ3v) is 2.24. The topological polar surface area (TPSA) is 91.0 Å². The van der Waals surface area contributed by atoms with E-state index in [-0.39, 0.29) is 5.71 Å². The number of benzene rings is 1. The van der Waals surface area contributed by atoms with Crippen molar-refractivity contribution in [2.75, 3.05) is 6.61 Å². The number of ketones is 1. The van der Waals surface area contributed by atoms with Crippen LogP contribution in [0, 0.1) is 22.7 Å². The average Bonchev–Trinajstić information content (AvgIpc) is 2.37. The first-order chi connectivity index (χ1) is 8.56. The van der Waals surface area contributed by atoms with Crippen molar-refractivity contribution in [3.8, 4) is 6.07 Å². The fourth-order valence-electron chi connectivity index (χ4n) is 1.29. The van der Waals surface area contributed by atoms with E-state index < -0.39 is 24.3 Å². The largest absolute Gasteiger partial charge is 0.454 e. The van der Waals surface area contributed by atoms with Crippen molar-refractivity contribution in [2.45, 2.75) is 6.92 Å². The molecular weight excluding hydrogens is 232 g/mol. The Labute approximate surface area is 105 Å². The van der Waals surface area contributed by atoms with E-state index in [2.05, 4.69) is 0 Å². The van der Waals surface area contributed by atoms with E-state index in [1.807, 2.05) is 0 Å². The number of hydrogen-bond donors (Lipinski definition) is 1. The molecule has 0 heterocycles. The molecule has 18 heavy (non-hydrogen) atoms. The molecule has 5 nitrogen and oxygen atoms in total. The molecule has 5 heteroatoms. The van der Waals surface area contributed by atoms with Gasteiger partial charge in [0, 0.05) is 5.71 Å². The number of Topliss-reactive ketones (excluding diaryl/α,β-unsaturated/α-hetero) is 1. The first-order valence-electron chi connectivity index (χ1n) is 5.25. The first kappa shape index (κ1) is 13.6. The van der Waals surface area contributed by atoms with Crippen molar-refractivity contribution < 1.29 is 14.3 Å². The molecule has 0 saturated heterocycles. The van der Waals surface area contributed by atoms with Crippen LogP contribution in [0.4, 0.5) is 0 Å². The lowest BCUT2D eigenvalue weighted by molar-refractivity contribution is -0.122. The van der Waals surface area contributed by atoms with Gasteiger partial charge < -0.3 is 10.1 Å². The highest BCUT2D eigenvalue weighted by Gasteiger charge is 2.21. The highest BCUT2D eigenvalue weighted by Crippen LogP contribution is 2.04. The second-order valence-corrected chi connectivity index (χ2v) is 3.65. The summed E-state index contributed by atoms with van der Waals surface area (Å²) >= 11 is 0. The van der Waals surface area contributed by atoms with Crippen molar-refractivity contribution in [1.82, 2.24) is 0 Å². The summed E-state index contributed by atoms with van der Waals surface area (Å²) in [4.78, 5) is 23.0. The van der Waals surface area contributed by atoms with E-state index in [9.17, 15) is 9.59 Å². The number of carbonyl (C=O) groups excluding carboxylic acids is 2. The Balaban J connectivity index is 2.57. The molecule has 0 fully saturated rings. The molecular formula is C13H12N2O3. The number of nitriles is 1. The van der Waals surface area contributed by atoms with Crippen LogP contribution in [0.3, 0.4) is 0 Å². The van der Waals surface area contributed by atoms with Gasteiger partial charge in [0.15, 0.2) is 12.4 Å². The Morgan fingerprint density at radius 3 is 2.50 bits per heavy atom. The third-order valence-electron chi connectivity index (χ3n) is 2.24. The fourth-order valence-corrected chi connectivity index (χ4v) is 1.29. The summed E-state index contributed by atoms with van der Waals surface area (Å²) in [7, 11) is 0. The molecule has 0 aliphatic heterocycles. The van der Waals surface area contributed by atoms with Gasteiger partial charge in [-0.05, 0) is 19.1 Å². The normalized spacial score (nSPS) is 11.1. The van der Waals surface area contributed by atoms with Crippen molar-refractivity contribution >= 4 is 17.5 Å². The molecule has 1 atom stereocenters. The summed E-state index contributed by atoms with van der Waals surface area (Å²) in [6.45, 7) is 0.868. The highest BCUT2D eigenvalue weighted by atomic mass is 16.5. The number of rotatable bonds is 5. The maximum atomic E-state index is 11.5.